The normalized spacial score (nSPS) is 17.9. The van der Waals surface area contributed by atoms with E-state index in [4.69, 9.17) is 0 Å². The van der Waals surface area contributed by atoms with Gasteiger partial charge in [0.15, 0.2) is 0 Å². The van der Waals surface area contributed by atoms with E-state index in [1.807, 2.05) is 53.1 Å². The molecule has 0 radical (unpaired) electrons. The third-order valence-corrected chi connectivity index (χ3v) is 6.58. The van der Waals surface area contributed by atoms with Crippen LogP contribution in [0.3, 0.4) is 0 Å². The number of nitrogens with one attached hydrogen (secondary N) is 1. The van der Waals surface area contributed by atoms with Crippen LogP contribution in [-0.2, 0) is 16.0 Å². The SMILES string of the molecule is CN1C(=O)C2C(=NC(SCC(=O)Nc3ccccc3)=[N+]2CCCc2ccccc2)N(C)C1=O. The summed E-state index contributed by atoms with van der Waals surface area (Å²) >= 11 is 1.27. The van der Waals surface area contributed by atoms with Gasteiger partial charge in [-0.15, -0.1) is 0 Å². The van der Waals surface area contributed by atoms with Crippen LogP contribution < -0.4 is 5.32 Å². The number of para-hydroxylation sites is 1. The minimum atomic E-state index is -0.659. The van der Waals surface area contributed by atoms with Crippen LogP contribution in [0, 0.1) is 0 Å². The van der Waals surface area contributed by atoms with E-state index in [0.29, 0.717) is 17.5 Å². The van der Waals surface area contributed by atoms with Crippen LogP contribution in [0.5, 0.6) is 0 Å². The van der Waals surface area contributed by atoms with E-state index in [-0.39, 0.29) is 17.6 Å². The summed E-state index contributed by atoms with van der Waals surface area (Å²) in [5.41, 5.74) is 1.94. The molecule has 0 spiro atoms. The Kier molecular flexibility index (Phi) is 6.88. The number of amides is 4. The average molecular weight is 465 g/mol. The van der Waals surface area contributed by atoms with Gasteiger partial charge in [0.05, 0.1) is 12.3 Å². The summed E-state index contributed by atoms with van der Waals surface area (Å²) < 4.78 is 1.92. The van der Waals surface area contributed by atoms with Crippen molar-refractivity contribution in [2.24, 2.45) is 4.99 Å². The van der Waals surface area contributed by atoms with Gasteiger partial charge in [0.1, 0.15) is 0 Å². The van der Waals surface area contributed by atoms with Crippen LogP contribution in [-0.4, -0.2) is 75.7 Å². The van der Waals surface area contributed by atoms with E-state index in [0.717, 1.165) is 23.4 Å². The van der Waals surface area contributed by atoms with Crippen molar-refractivity contribution < 1.29 is 19.0 Å². The van der Waals surface area contributed by atoms with Crippen molar-refractivity contribution in [1.29, 1.82) is 0 Å². The van der Waals surface area contributed by atoms with Gasteiger partial charge >= 0.3 is 11.2 Å². The molecule has 170 valence electrons. The molecule has 4 rings (SSSR count). The number of imide groups is 1. The van der Waals surface area contributed by atoms with Crippen LogP contribution >= 0.6 is 11.8 Å². The first kappa shape index (κ1) is 22.7. The Balaban J connectivity index is 1.51. The van der Waals surface area contributed by atoms with Gasteiger partial charge in [-0.1, -0.05) is 48.5 Å². The van der Waals surface area contributed by atoms with Crippen molar-refractivity contribution in [3.05, 3.63) is 66.2 Å². The molecule has 1 fully saturated rings. The molecule has 0 aliphatic carbocycles. The van der Waals surface area contributed by atoms with Crippen molar-refractivity contribution in [2.45, 2.75) is 18.9 Å². The van der Waals surface area contributed by atoms with Gasteiger partial charge in [-0.05, 0) is 47.3 Å². The van der Waals surface area contributed by atoms with E-state index in [2.05, 4.69) is 22.4 Å². The first-order valence-electron chi connectivity index (χ1n) is 10.7. The Hall–Kier alpha value is -3.46. The van der Waals surface area contributed by atoms with E-state index in [1.165, 1.54) is 29.3 Å². The first-order valence-corrected chi connectivity index (χ1v) is 11.7. The maximum absolute atomic E-state index is 13.0. The zero-order valence-corrected chi connectivity index (χ0v) is 19.4. The lowest BCUT2D eigenvalue weighted by molar-refractivity contribution is -0.533. The van der Waals surface area contributed by atoms with Crippen molar-refractivity contribution in [2.75, 3.05) is 31.7 Å². The number of benzene rings is 2. The van der Waals surface area contributed by atoms with Gasteiger partial charge < -0.3 is 5.32 Å². The highest BCUT2D eigenvalue weighted by atomic mass is 32.2. The number of aryl methyl sites for hydroxylation is 1. The number of anilines is 1. The van der Waals surface area contributed by atoms with Crippen molar-refractivity contribution in [3.8, 4) is 0 Å². The molecule has 9 heteroatoms. The number of rotatable bonds is 7. The highest BCUT2D eigenvalue weighted by Gasteiger charge is 2.53. The second kappa shape index (κ2) is 9.99. The van der Waals surface area contributed by atoms with Crippen molar-refractivity contribution in [1.82, 2.24) is 9.80 Å². The van der Waals surface area contributed by atoms with Crippen molar-refractivity contribution in [3.63, 3.8) is 0 Å². The molecule has 0 bridgehead atoms. The number of urea groups is 1. The lowest BCUT2D eigenvalue weighted by atomic mass is 10.1. The van der Waals surface area contributed by atoms with Crippen LogP contribution in [0.15, 0.2) is 65.7 Å². The standard InChI is InChI=1S/C24H25N5O3S/c1-27-21-20(22(31)28(2)24(27)32)29(15-9-12-17-10-5-3-6-11-17)23(26-21)33-16-19(30)25-18-13-7-4-8-14-18/h3-8,10-11,13-14,20H,9,12,15-16H2,1-2H3/p+1. The molecule has 2 aliphatic rings. The fourth-order valence-corrected chi connectivity index (χ4v) is 4.72. The van der Waals surface area contributed by atoms with E-state index in [9.17, 15) is 14.4 Å². The van der Waals surface area contributed by atoms with E-state index < -0.39 is 12.1 Å². The van der Waals surface area contributed by atoms with Gasteiger partial charge in [0, 0.05) is 19.8 Å². The third kappa shape index (κ3) is 4.98. The summed E-state index contributed by atoms with van der Waals surface area (Å²) in [6, 6.07) is 18.3. The Labute approximate surface area is 197 Å². The Morgan fingerprint density at radius 2 is 1.70 bits per heavy atom. The predicted molar refractivity (Wildman–Crippen MR) is 130 cm³/mol. The van der Waals surface area contributed by atoms with Gasteiger partial charge in [0.2, 0.25) is 5.91 Å². The molecule has 2 heterocycles. The van der Waals surface area contributed by atoms with Crippen molar-refractivity contribution >= 4 is 46.3 Å². The number of thioether (sulfide) groups is 1. The molecule has 1 atom stereocenters. The molecule has 4 amide bonds. The fraction of sp³-hybridized carbons (Fsp3) is 0.292. The number of carbonyl (C=O) groups is 3. The van der Waals surface area contributed by atoms with Crippen LogP contribution in [0.4, 0.5) is 10.5 Å². The quantitative estimate of drug-likeness (QED) is 0.639. The summed E-state index contributed by atoms with van der Waals surface area (Å²) in [6.07, 6.45) is 1.66. The summed E-state index contributed by atoms with van der Waals surface area (Å²) in [7, 11) is 3.10. The first-order chi connectivity index (χ1) is 16.0. The van der Waals surface area contributed by atoms with E-state index in [1.54, 1.807) is 7.05 Å². The number of hydrogen-bond acceptors (Lipinski definition) is 5. The second-order valence-electron chi connectivity index (χ2n) is 7.88. The Morgan fingerprint density at radius 1 is 1.03 bits per heavy atom. The molecular weight excluding hydrogens is 438 g/mol. The third-order valence-electron chi connectivity index (χ3n) is 5.59. The highest BCUT2D eigenvalue weighted by Crippen LogP contribution is 2.23. The number of carbonyl (C=O) groups excluding carboxylic acids is 3. The Bertz CT molecular complexity index is 1120. The molecule has 8 nitrogen and oxygen atoms in total. The molecule has 1 unspecified atom stereocenters. The second-order valence-corrected chi connectivity index (χ2v) is 8.82. The van der Waals surface area contributed by atoms with Gasteiger partial charge in [-0.2, -0.15) is 0 Å². The smallest absolute Gasteiger partial charge is 0.325 e. The number of amidine groups is 2. The molecule has 2 aliphatic heterocycles. The maximum Gasteiger partial charge on any atom is 0.358 e. The minimum absolute atomic E-state index is 0.143. The largest absolute Gasteiger partial charge is 0.358 e. The molecule has 1 saturated heterocycles. The van der Waals surface area contributed by atoms with Crippen LogP contribution in [0.25, 0.3) is 0 Å². The number of fused-ring (bicyclic) bond motifs is 1. The van der Waals surface area contributed by atoms with Gasteiger partial charge in [0.25, 0.3) is 17.8 Å². The molecule has 2 aromatic rings. The Morgan fingerprint density at radius 3 is 2.39 bits per heavy atom. The zero-order valence-electron chi connectivity index (χ0n) is 18.6. The molecule has 0 aromatic heterocycles. The van der Waals surface area contributed by atoms with Crippen LogP contribution in [0.1, 0.15) is 12.0 Å². The summed E-state index contributed by atoms with van der Waals surface area (Å²) in [6.45, 7) is 0.580. The van der Waals surface area contributed by atoms with E-state index >= 15 is 0 Å². The van der Waals surface area contributed by atoms with Gasteiger partial charge in [-0.3, -0.25) is 19.4 Å². The topological polar surface area (TPSA) is 85.1 Å². The summed E-state index contributed by atoms with van der Waals surface area (Å²) in [5, 5.41) is 3.44. The zero-order chi connectivity index (χ0) is 23.4. The van der Waals surface area contributed by atoms with Gasteiger partial charge in [-0.25, -0.2) is 9.37 Å². The molecule has 0 saturated carbocycles. The number of aliphatic imine (C=N–C) groups is 1. The lowest BCUT2D eigenvalue weighted by Crippen LogP contribution is -2.61. The van der Waals surface area contributed by atoms with Crippen LogP contribution in [0.2, 0.25) is 0 Å². The summed E-state index contributed by atoms with van der Waals surface area (Å²) in [5.74, 6) is 0.0884. The minimum Gasteiger partial charge on any atom is -0.325 e. The molecule has 33 heavy (non-hydrogen) atoms. The fourth-order valence-electron chi connectivity index (χ4n) is 3.86. The number of nitrogens with zero attached hydrogens (tertiary/aromatic N) is 4. The molecular formula is C24H26N5O3S+. The highest BCUT2D eigenvalue weighted by molar-refractivity contribution is 8.14. The summed E-state index contributed by atoms with van der Waals surface area (Å²) in [4.78, 5) is 45.0. The number of hydrogen-bond donors (Lipinski definition) is 1. The predicted octanol–water partition coefficient (Wildman–Crippen LogP) is 2.66. The maximum atomic E-state index is 13.0. The monoisotopic (exact) mass is 464 g/mol. The average Bonchev–Trinajstić information content (AvgIpc) is 3.20. The molecule has 2 aromatic carbocycles. The molecule has 1 N–H and O–H groups in total. The lowest BCUT2D eigenvalue weighted by Gasteiger charge is -2.30. The number of likely N-dealkylation sites (N-methyl/N-ethyl adjacent to an activating group) is 2.